The Labute approximate surface area is 253 Å². The highest BCUT2D eigenvalue weighted by Crippen LogP contribution is 2.30. The second kappa shape index (κ2) is 14.1. The summed E-state index contributed by atoms with van der Waals surface area (Å²) >= 11 is 6.29. The van der Waals surface area contributed by atoms with Gasteiger partial charge in [-0.25, -0.2) is 8.42 Å². The average Bonchev–Trinajstić information content (AvgIpc) is 3.00. The lowest BCUT2D eigenvalue weighted by molar-refractivity contribution is -0.139. The summed E-state index contributed by atoms with van der Waals surface area (Å²) in [5.74, 6) is -0.118. The first kappa shape index (κ1) is 31.4. The van der Waals surface area contributed by atoms with Gasteiger partial charge in [0.15, 0.2) is 0 Å². The summed E-state index contributed by atoms with van der Waals surface area (Å²) in [5.41, 5.74) is 1.71. The van der Waals surface area contributed by atoms with Crippen LogP contribution in [0.25, 0.3) is 0 Å². The standard InChI is InChI=1S/C32H38ClN3O5S/c1-23-14-17-26(33)20-30(23)36(42(39,40)29-12-8-5-9-13-29)22-31(37)35(21-25-15-18-28(41-3)19-16-25)24(2)32(38)34-27-10-6-4-7-11-27/h5,8-9,12-20,24,27H,4,6-7,10-11,21-22H2,1-3H3,(H,34,38). The van der Waals surface area contributed by atoms with Crippen molar-refractivity contribution in [3.8, 4) is 5.75 Å². The number of methoxy groups -OCH3 is 1. The third-order valence-corrected chi connectivity index (χ3v) is 9.69. The molecule has 0 radical (unpaired) electrons. The maximum Gasteiger partial charge on any atom is 0.264 e. The molecule has 1 aliphatic carbocycles. The number of halogens is 1. The molecule has 8 nitrogen and oxygen atoms in total. The average molecular weight is 612 g/mol. The minimum Gasteiger partial charge on any atom is -0.497 e. The van der Waals surface area contributed by atoms with Crippen molar-refractivity contribution >= 4 is 39.1 Å². The number of aryl methyl sites for hydroxylation is 1. The number of sulfonamides is 1. The molecule has 3 aromatic rings. The van der Waals surface area contributed by atoms with Crippen LogP contribution in [0.2, 0.25) is 5.02 Å². The van der Waals surface area contributed by atoms with Gasteiger partial charge in [-0.3, -0.25) is 13.9 Å². The lowest BCUT2D eigenvalue weighted by atomic mass is 9.95. The van der Waals surface area contributed by atoms with Gasteiger partial charge in [0, 0.05) is 17.6 Å². The van der Waals surface area contributed by atoms with E-state index in [1.54, 1.807) is 63.4 Å². The minimum absolute atomic E-state index is 0.0435. The lowest BCUT2D eigenvalue weighted by Crippen LogP contribution is -2.53. The molecule has 0 aliphatic heterocycles. The third kappa shape index (κ3) is 7.63. The number of ether oxygens (including phenoxy) is 1. The maximum absolute atomic E-state index is 14.1. The Hall–Kier alpha value is -3.56. The van der Waals surface area contributed by atoms with Gasteiger partial charge in [0.05, 0.1) is 17.7 Å². The molecule has 0 spiro atoms. The zero-order chi connectivity index (χ0) is 30.3. The molecule has 42 heavy (non-hydrogen) atoms. The molecule has 0 aromatic heterocycles. The number of anilines is 1. The van der Waals surface area contributed by atoms with E-state index in [0.717, 1.165) is 42.0 Å². The predicted molar refractivity (Wildman–Crippen MR) is 165 cm³/mol. The summed E-state index contributed by atoms with van der Waals surface area (Å²) in [6.07, 6.45) is 5.07. The fourth-order valence-corrected chi connectivity index (χ4v) is 6.82. The van der Waals surface area contributed by atoms with Gasteiger partial charge in [0.2, 0.25) is 11.8 Å². The summed E-state index contributed by atoms with van der Waals surface area (Å²) in [7, 11) is -2.59. The maximum atomic E-state index is 14.1. The van der Waals surface area contributed by atoms with Crippen molar-refractivity contribution < 1.29 is 22.7 Å². The second-order valence-electron chi connectivity index (χ2n) is 10.6. The van der Waals surface area contributed by atoms with E-state index in [4.69, 9.17) is 16.3 Å². The van der Waals surface area contributed by atoms with Gasteiger partial charge in [-0.05, 0) is 74.2 Å². The van der Waals surface area contributed by atoms with E-state index in [2.05, 4.69) is 5.32 Å². The first-order chi connectivity index (χ1) is 20.1. The number of hydrogen-bond acceptors (Lipinski definition) is 5. The molecular weight excluding hydrogens is 574 g/mol. The third-order valence-electron chi connectivity index (χ3n) is 7.68. The molecule has 0 saturated heterocycles. The highest BCUT2D eigenvalue weighted by Gasteiger charge is 2.33. The van der Waals surface area contributed by atoms with E-state index in [0.29, 0.717) is 22.0 Å². The second-order valence-corrected chi connectivity index (χ2v) is 12.9. The van der Waals surface area contributed by atoms with Crippen LogP contribution in [0.3, 0.4) is 0 Å². The fourth-order valence-electron chi connectivity index (χ4n) is 5.16. The van der Waals surface area contributed by atoms with Crippen molar-refractivity contribution in [3.05, 3.63) is 88.9 Å². The monoisotopic (exact) mass is 611 g/mol. The Bertz CT molecular complexity index is 1480. The zero-order valence-corrected chi connectivity index (χ0v) is 25.8. The quantitative estimate of drug-likeness (QED) is 0.299. The van der Waals surface area contributed by atoms with Gasteiger partial charge in [-0.2, -0.15) is 0 Å². The summed E-state index contributed by atoms with van der Waals surface area (Å²) in [6.45, 7) is 3.03. The van der Waals surface area contributed by atoms with E-state index in [9.17, 15) is 18.0 Å². The van der Waals surface area contributed by atoms with Crippen molar-refractivity contribution in [2.45, 2.75) is 69.5 Å². The van der Waals surface area contributed by atoms with E-state index < -0.39 is 28.5 Å². The molecule has 1 atom stereocenters. The summed E-state index contributed by atoms with van der Waals surface area (Å²) in [4.78, 5) is 29.1. The number of benzene rings is 3. The van der Waals surface area contributed by atoms with Crippen LogP contribution in [-0.4, -0.2) is 50.9 Å². The van der Waals surface area contributed by atoms with E-state index in [1.807, 2.05) is 12.1 Å². The van der Waals surface area contributed by atoms with Gasteiger partial charge >= 0.3 is 0 Å². The lowest BCUT2D eigenvalue weighted by Gasteiger charge is -2.33. The van der Waals surface area contributed by atoms with Crippen molar-refractivity contribution in [2.75, 3.05) is 18.0 Å². The Balaban J connectivity index is 1.69. The van der Waals surface area contributed by atoms with E-state index in [1.165, 1.54) is 23.1 Å². The van der Waals surface area contributed by atoms with Crippen LogP contribution >= 0.6 is 11.6 Å². The number of carbonyl (C=O) groups is 2. The molecule has 1 saturated carbocycles. The molecule has 3 aromatic carbocycles. The molecule has 224 valence electrons. The molecule has 2 amide bonds. The smallest absolute Gasteiger partial charge is 0.264 e. The van der Waals surface area contributed by atoms with Crippen molar-refractivity contribution in [3.63, 3.8) is 0 Å². The van der Waals surface area contributed by atoms with Crippen LogP contribution in [-0.2, 0) is 26.2 Å². The van der Waals surface area contributed by atoms with Crippen LogP contribution in [0.1, 0.15) is 50.2 Å². The van der Waals surface area contributed by atoms with Crippen molar-refractivity contribution in [1.82, 2.24) is 10.2 Å². The molecule has 1 fully saturated rings. The highest BCUT2D eigenvalue weighted by molar-refractivity contribution is 7.92. The Morgan fingerprint density at radius 2 is 1.67 bits per heavy atom. The number of hydrogen-bond donors (Lipinski definition) is 1. The van der Waals surface area contributed by atoms with Gasteiger partial charge in [0.1, 0.15) is 18.3 Å². The molecular formula is C32H38ClN3O5S. The first-order valence-electron chi connectivity index (χ1n) is 14.2. The SMILES string of the molecule is COc1ccc(CN(C(=O)CN(c2cc(Cl)ccc2C)S(=O)(=O)c2ccccc2)C(C)C(=O)NC2CCCCC2)cc1. The highest BCUT2D eigenvalue weighted by atomic mass is 35.5. The van der Waals surface area contributed by atoms with Gasteiger partial charge in [0.25, 0.3) is 10.0 Å². The Kier molecular flexibility index (Phi) is 10.5. The van der Waals surface area contributed by atoms with Gasteiger partial charge in [-0.1, -0.05) is 67.3 Å². The number of carbonyl (C=O) groups excluding carboxylic acids is 2. The molecule has 1 unspecified atom stereocenters. The predicted octanol–water partition coefficient (Wildman–Crippen LogP) is 5.72. The van der Waals surface area contributed by atoms with Crippen LogP contribution in [0.4, 0.5) is 5.69 Å². The zero-order valence-electron chi connectivity index (χ0n) is 24.3. The molecule has 0 bridgehead atoms. The number of nitrogens with zero attached hydrogens (tertiary/aromatic N) is 2. The molecule has 10 heteroatoms. The normalized spacial score (nSPS) is 14.6. The fraction of sp³-hybridized carbons (Fsp3) is 0.375. The van der Waals surface area contributed by atoms with Crippen molar-refractivity contribution in [1.29, 1.82) is 0 Å². The van der Waals surface area contributed by atoms with Crippen LogP contribution in [0.15, 0.2) is 77.7 Å². The summed E-state index contributed by atoms with van der Waals surface area (Å²) < 4.78 is 34.3. The minimum atomic E-state index is -4.16. The Morgan fingerprint density at radius 3 is 2.31 bits per heavy atom. The van der Waals surface area contributed by atoms with Crippen LogP contribution < -0.4 is 14.4 Å². The molecule has 1 aliphatic rings. The molecule has 4 rings (SSSR count). The van der Waals surface area contributed by atoms with Crippen LogP contribution in [0.5, 0.6) is 5.75 Å². The summed E-state index contributed by atoms with van der Waals surface area (Å²) in [5, 5.41) is 3.45. The van der Waals surface area contributed by atoms with Gasteiger partial charge in [-0.15, -0.1) is 0 Å². The Morgan fingerprint density at radius 1 is 1.00 bits per heavy atom. The van der Waals surface area contributed by atoms with Crippen LogP contribution in [0, 0.1) is 6.92 Å². The van der Waals surface area contributed by atoms with E-state index >= 15 is 0 Å². The largest absolute Gasteiger partial charge is 0.497 e. The first-order valence-corrected chi connectivity index (χ1v) is 16.0. The van der Waals surface area contributed by atoms with Crippen molar-refractivity contribution in [2.24, 2.45) is 0 Å². The van der Waals surface area contributed by atoms with Gasteiger partial charge < -0.3 is 15.0 Å². The molecule has 1 N–H and O–H groups in total. The number of amides is 2. The number of rotatable bonds is 11. The number of nitrogens with one attached hydrogen (secondary N) is 1. The molecule has 0 heterocycles. The topological polar surface area (TPSA) is 96.0 Å². The summed E-state index contributed by atoms with van der Waals surface area (Å²) in [6, 6.07) is 19.3. The van der Waals surface area contributed by atoms with E-state index in [-0.39, 0.29) is 23.4 Å².